The van der Waals surface area contributed by atoms with Crippen LogP contribution in [0.1, 0.15) is 45.4 Å². The Morgan fingerprint density at radius 2 is 1.97 bits per heavy atom. The molecule has 1 aromatic carbocycles. The minimum Gasteiger partial charge on any atom is -0.379 e. The molecule has 1 fully saturated rings. The number of carbonyl (C=O) groups excluding carboxylic acids is 1. The highest BCUT2D eigenvalue weighted by Gasteiger charge is 2.27. The van der Waals surface area contributed by atoms with Gasteiger partial charge >= 0.3 is 0 Å². The molecule has 0 atom stereocenters. The number of fused-ring (bicyclic) bond motifs is 1. The molecule has 9 heteroatoms. The van der Waals surface area contributed by atoms with Gasteiger partial charge in [0.25, 0.3) is 0 Å². The van der Waals surface area contributed by atoms with Crippen LogP contribution in [0.2, 0.25) is 0 Å². The monoisotopic (exact) mass is 436 g/mol. The summed E-state index contributed by atoms with van der Waals surface area (Å²) >= 11 is 0. The van der Waals surface area contributed by atoms with Crippen LogP contribution < -0.4 is 5.32 Å². The van der Waals surface area contributed by atoms with Gasteiger partial charge in [0.1, 0.15) is 5.82 Å². The number of nitrogens with one attached hydrogen (secondary N) is 1. The summed E-state index contributed by atoms with van der Waals surface area (Å²) in [6, 6.07) is 5.10. The van der Waals surface area contributed by atoms with Gasteiger partial charge in [-0.2, -0.15) is 4.31 Å². The van der Waals surface area contributed by atoms with Gasteiger partial charge in [-0.15, -0.1) is 0 Å². The van der Waals surface area contributed by atoms with Crippen LogP contribution in [-0.4, -0.2) is 61.0 Å². The molecular weight excluding hydrogens is 404 g/mol. The highest BCUT2D eigenvalue weighted by atomic mass is 32.2. The number of hydrogen-bond donors (Lipinski definition) is 1. The van der Waals surface area contributed by atoms with Crippen molar-refractivity contribution in [3.63, 3.8) is 0 Å². The van der Waals surface area contributed by atoms with E-state index in [4.69, 9.17) is 4.74 Å². The molecule has 0 bridgehead atoms. The minimum atomic E-state index is -3.56. The molecule has 1 aromatic heterocycles. The average molecular weight is 437 g/mol. The summed E-state index contributed by atoms with van der Waals surface area (Å²) in [4.78, 5) is 17.0. The minimum absolute atomic E-state index is 0.0244. The molecule has 1 aliphatic heterocycles. The standard InChI is InChI=1S/C21H32N4O4S/c1-3-5-6-11-22-21(26)10-9-20-23-18-16-17(7-8-19(18)25(20)4-2)30(27,28)24-12-14-29-15-13-24/h7-8,16H,3-6,9-15H2,1-2H3,(H,22,26). The molecule has 166 valence electrons. The number of carbonyl (C=O) groups is 1. The summed E-state index contributed by atoms with van der Waals surface area (Å²) in [5.74, 6) is 0.827. The summed E-state index contributed by atoms with van der Waals surface area (Å²) in [6.07, 6.45) is 4.12. The first-order valence-electron chi connectivity index (χ1n) is 10.8. The summed E-state index contributed by atoms with van der Waals surface area (Å²) < 4.78 is 34.6. The van der Waals surface area contributed by atoms with Crippen molar-refractivity contribution in [2.75, 3.05) is 32.8 Å². The first kappa shape index (κ1) is 22.7. The van der Waals surface area contributed by atoms with Gasteiger partial charge in [-0.05, 0) is 31.5 Å². The van der Waals surface area contributed by atoms with Gasteiger partial charge in [0.15, 0.2) is 0 Å². The smallest absolute Gasteiger partial charge is 0.243 e. The highest BCUT2D eigenvalue weighted by molar-refractivity contribution is 7.89. The number of ether oxygens (including phenoxy) is 1. The number of hydrogen-bond acceptors (Lipinski definition) is 5. The zero-order valence-electron chi connectivity index (χ0n) is 17.9. The summed E-state index contributed by atoms with van der Waals surface area (Å²) in [5.41, 5.74) is 1.53. The molecule has 1 aliphatic rings. The Labute approximate surface area is 178 Å². The van der Waals surface area contributed by atoms with Crippen LogP contribution in [0.25, 0.3) is 11.0 Å². The van der Waals surface area contributed by atoms with E-state index in [0.717, 1.165) is 30.6 Å². The lowest BCUT2D eigenvalue weighted by Crippen LogP contribution is -2.40. The average Bonchev–Trinajstić information content (AvgIpc) is 3.12. The fourth-order valence-corrected chi connectivity index (χ4v) is 5.14. The molecule has 8 nitrogen and oxygen atoms in total. The zero-order valence-corrected chi connectivity index (χ0v) is 18.7. The molecule has 0 saturated carbocycles. The quantitative estimate of drug-likeness (QED) is 0.577. The van der Waals surface area contributed by atoms with Crippen molar-refractivity contribution < 1.29 is 17.9 Å². The van der Waals surface area contributed by atoms with Gasteiger partial charge in [0, 0.05) is 39.0 Å². The van der Waals surface area contributed by atoms with E-state index < -0.39 is 10.0 Å². The molecule has 1 N–H and O–H groups in total. The number of unbranched alkanes of at least 4 members (excludes halogenated alkanes) is 2. The van der Waals surface area contributed by atoms with Gasteiger partial charge in [0.2, 0.25) is 15.9 Å². The summed E-state index contributed by atoms with van der Waals surface area (Å²) in [6.45, 7) is 7.12. The summed E-state index contributed by atoms with van der Waals surface area (Å²) in [5, 5.41) is 2.95. The third-order valence-electron chi connectivity index (χ3n) is 5.40. The number of benzene rings is 1. The molecule has 2 heterocycles. The van der Waals surface area contributed by atoms with E-state index >= 15 is 0 Å². The second kappa shape index (κ2) is 10.4. The molecule has 0 aliphatic carbocycles. The molecule has 1 saturated heterocycles. The van der Waals surface area contributed by atoms with Crippen molar-refractivity contribution in [1.29, 1.82) is 0 Å². The largest absolute Gasteiger partial charge is 0.379 e. The van der Waals surface area contributed by atoms with Crippen molar-refractivity contribution >= 4 is 27.0 Å². The summed E-state index contributed by atoms with van der Waals surface area (Å²) in [7, 11) is -3.56. The van der Waals surface area contributed by atoms with E-state index in [-0.39, 0.29) is 10.8 Å². The maximum absolute atomic E-state index is 12.9. The van der Waals surface area contributed by atoms with Crippen LogP contribution >= 0.6 is 0 Å². The number of morpholine rings is 1. The van der Waals surface area contributed by atoms with Gasteiger partial charge in [-0.25, -0.2) is 13.4 Å². The first-order valence-corrected chi connectivity index (χ1v) is 12.2. The van der Waals surface area contributed by atoms with Crippen LogP contribution in [-0.2, 0) is 32.5 Å². The van der Waals surface area contributed by atoms with Gasteiger partial charge in [-0.1, -0.05) is 19.8 Å². The van der Waals surface area contributed by atoms with Gasteiger partial charge in [0.05, 0.1) is 29.1 Å². The topological polar surface area (TPSA) is 93.5 Å². The van der Waals surface area contributed by atoms with Crippen molar-refractivity contribution in [2.24, 2.45) is 0 Å². The Hall–Kier alpha value is -1.97. The van der Waals surface area contributed by atoms with Crippen molar-refractivity contribution in [2.45, 2.75) is 57.4 Å². The number of sulfonamides is 1. The first-order chi connectivity index (χ1) is 14.5. The Bertz CT molecular complexity index is 965. The lowest BCUT2D eigenvalue weighted by atomic mass is 10.2. The molecule has 0 spiro atoms. The van der Waals surface area contributed by atoms with Crippen molar-refractivity contribution in [3.8, 4) is 0 Å². The maximum Gasteiger partial charge on any atom is 0.243 e. The highest BCUT2D eigenvalue weighted by Crippen LogP contribution is 2.24. The van der Waals surface area contributed by atoms with E-state index in [0.29, 0.717) is 57.8 Å². The van der Waals surface area contributed by atoms with E-state index in [1.54, 1.807) is 12.1 Å². The van der Waals surface area contributed by atoms with E-state index in [1.807, 2.05) is 17.6 Å². The molecule has 30 heavy (non-hydrogen) atoms. The lowest BCUT2D eigenvalue weighted by Gasteiger charge is -2.26. The second-order valence-corrected chi connectivity index (χ2v) is 9.43. The fraction of sp³-hybridized carbons (Fsp3) is 0.619. The molecule has 0 unspecified atom stereocenters. The predicted molar refractivity (Wildman–Crippen MR) is 116 cm³/mol. The van der Waals surface area contributed by atoms with Crippen LogP contribution in [0.5, 0.6) is 0 Å². The van der Waals surface area contributed by atoms with Crippen LogP contribution in [0.3, 0.4) is 0 Å². The van der Waals surface area contributed by atoms with Gasteiger partial charge < -0.3 is 14.6 Å². The Morgan fingerprint density at radius 3 is 2.67 bits per heavy atom. The SMILES string of the molecule is CCCCCNC(=O)CCc1nc2cc(S(=O)(=O)N3CCOCC3)ccc2n1CC. The third kappa shape index (κ3) is 5.19. The van der Waals surface area contributed by atoms with E-state index in [1.165, 1.54) is 4.31 Å². The van der Waals surface area contributed by atoms with E-state index in [9.17, 15) is 13.2 Å². The lowest BCUT2D eigenvalue weighted by molar-refractivity contribution is -0.121. The number of rotatable bonds is 10. The number of aromatic nitrogens is 2. The van der Waals surface area contributed by atoms with Crippen molar-refractivity contribution in [3.05, 3.63) is 24.0 Å². The molecular formula is C21H32N4O4S. The number of nitrogens with zero attached hydrogens (tertiary/aromatic N) is 3. The number of imidazole rings is 1. The normalized spacial score (nSPS) is 15.5. The Balaban J connectivity index is 1.74. The predicted octanol–water partition coefficient (Wildman–Crippen LogP) is 2.32. The van der Waals surface area contributed by atoms with Crippen LogP contribution in [0.4, 0.5) is 0 Å². The number of aryl methyl sites for hydroxylation is 2. The second-order valence-electron chi connectivity index (χ2n) is 7.50. The molecule has 2 aromatic rings. The Kier molecular flexibility index (Phi) is 7.85. The van der Waals surface area contributed by atoms with Crippen LogP contribution in [0, 0.1) is 0 Å². The molecule has 0 radical (unpaired) electrons. The van der Waals surface area contributed by atoms with E-state index in [2.05, 4.69) is 17.2 Å². The van der Waals surface area contributed by atoms with Gasteiger partial charge in [-0.3, -0.25) is 4.79 Å². The molecule has 3 rings (SSSR count). The fourth-order valence-electron chi connectivity index (χ4n) is 3.72. The zero-order chi connectivity index (χ0) is 21.6. The van der Waals surface area contributed by atoms with Crippen molar-refractivity contribution in [1.82, 2.24) is 19.2 Å². The Morgan fingerprint density at radius 1 is 1.20 bits per heavy atom. The molecule has 1 amide bonds. The number of amides is 1. The maximum atomic E-state index is 12.9. The third-order valence-corrected chi connectivity index (χ3v) is 7.30. The van der Waals surface area contributed by atoms with Crippen LogP contribution in [0.15, 0.2) is 23.1 Å².